The van der Waals surface area contributed by atoms with E-state index in [4.69, 9.17) is 0 Å². The van der Waals surface area contributed by atoms with Crippen molar-refractivity contribution in [2.45, 2.75) is 20.3 Å². The first-order valence-corrected chi connectivity index (χ1v) is 9.44. The van der Waals surface area contributed by atoms with Gasteiger partial charge in [0.2, 0.25) is 0 Å². The summed E-state index contributed by atoms with van der Waals surface area (Å²) in [5.41, 5.74) is 4.69. The molecule has 6 nitrogen and oxygen atoms in total. The quantitative estimate of drug-likeness (QED) is 0.399. The van der Waals surface area contributed by atoms with Gasteiger partial charge in [0.25, 0.3) is 0 Å². The first kappa shape index (κ1) is 22.4. The fraction of sp³-hybridized carbons (Fsp3) is 0.500. The predicted octanol–water partition coefficient (Wildman–Crippen LogP) is 2.73. The highest BCUT2D eigenvalue weighted by Gasteiger charge is 2.20. The molecule has 1 aliphatic rings. The summed E-state index contributed by atoms with van der Waals surface area (Å²) in [6.07, 6.45) is 0.931. The second kappa shape index (κ2) is 10.1. The lowest BCUT2D eigenvalue weighted by Gasteiger charge is -2.37. The lowest BCUT2D eigenvalue weighted by atomic mass is 10.1. The van der Waals surface area contributed by atoms with Crippen LogP contribution in [-0.4, -0.2) is 60.4 Å². The zero-order chi connectivity index (χ0) is 19.4. The van der Waals surface area contributed by atoms with Crippen molar-refractivity contribution in [3.05, 3.63) is 47.0 Å². The number of rotatable bonds is 4. The molecule has 2 aromatic rings. The van der Waals surface area contributed by atoms with Gasteiger partial charge in [-0.2, -0.15) is 5.10 Å². The molecular weight excluding hydrogens is 470 g/mol. The average Bonchev–Trinajstić information content (AvgIpc) is 2.92. The minimum atomic E-state index is -0.193. The topological polar surface area (TPSA) is 48.7 Å². The van der Waals surface area contributed by atoms with Crippen LogP contribution in [0.1, 0.15) is 17.0 Å². The summed E-state index contributed by atoms with van der Waals surface area (Å²) in [5, 5.41) is 7.96. The zero-order valence-corrected chi connectivity index (χ0v) is 19.4. The van der Waals surface area contributed by atoms with Gasteiger partial charge < -0.3 is 15.1 Å². The lowest BCUT2D eigenvalue weighted by Crippen LogP contribution is -2.52. The van der Waals surface area contributed by atoms with Crippen LogP contribution in [0.3, 0.4) is 0 Å². The van der Waals surface area contributed by atoms with Crippen LogP contribution in [0.2, 0.25) is 0 Å². The Morgan fingerprint density at radius 1 is 1.14 bits per heavy atom. The van der Waals surface area contributed by atoms with Crippen LogP contribution in [-0.2, 0) is 13.5 Å². The van der Waals surface area contributed by atoms with E-state index in [1.54, 1.807) is 0 Å². The third-order valence-corrected chi connectivity index (χ3v) is 5.30. The van der Waals surface area contributed by atoms with E-state index >= 15 is 0 Å². The Balaban J connectivity index is 0.00000280. The van der Waals surface area contributed by atoms with Gasteiger partial charge in [-0.1, -0.05) is 0 Å². The molecule has 1 aromatic heterocycles. The standard InChI is InChI=1S/C20H29FN6.HI/c1-15-19(16(2)25(4)24-15)9-10-23-20(22-3)27-13-11-26(12-14-27)18-7-5-17(21)6-8-18;/h5-8H,9-14H2,1-4H3,(H,22,23);1H. The number of anilines is 1. The van der Waals surface area contributed by atoms with E-state index in [-0.39, 0.29) is 29.8 Å². The molecule has 0 saturated carbocycles. The van der Waals surface area contributed by atoms with Crippen molar-refractivity contribution < 1.29 is 4.39 Å². The first-order chi connectivity index (χ1) is 13.0. The smallest absolute Gasteiger partial charge is 0.193 e. The molecule has 2 heterocycles. The van der Waals surface area contributed by atoms with Gasteiger partial charge in [-0.05, 0) is 50.1 Å². The number of aliphatic imine (C=N–C) groups is 1. The minimum absolute atomic E-state index is 0. The van der Waals surface area contributed by atoms with E-state index in [0.29, 0.717) is 0 Å². The highest BCUT2D eigenvalue weighted by Crippen LogP contribution is 2.17. The molecule has 1 saturated heterocycles. The summed E-state index contributed by atoms with van der Waals surface area (Å²) in [6.45, 7) is 8.58. The van der Waals surface area contributed by atoms with Crippen molar-refractivity contribution >= 4 is 35.6 Å². The van der Waals surface area contributed by atoms with E-state index in [0.717, 1.165) is 56.5 Å². The Labute approximate surface area is 183 Å². The lowest BCUT2D eigenvalue weighted by molar-refractivity contribution is 0.373. The Morgan fingerprint density at radius 2 is 1.79 bits per heavy atom. The predicted molar refractivity (Wildman–Crippen MR) is 123 cm³/mol. The van der Waals surface area contributed by atoms with Gasteiger partial charge in [0.15, 0.2) is 5.96 Å². The summed E-state index contributed by atoms with van der Waals surface area (Å²) >= 11 is 0. The molecule has 8 heteroatoms. The normalized spacial score (nSPS) is 14.8. The van der Waals surface area contributed by atoms with Gasteiger partial charge in [-0.25, -0.2) is 4.39 Å². The number of guanidine groups is 1. The molecule has 154 valence electrons. The third-order valence-electron chi connectivity index (χ3n) is 5.30. The number of aromatic nitrogens is 2. The van der Waals surface area contributed by atoms with E-state index < -0.39 is 0 Å². The van der Waals surface area contributed by atoms with Gasteiger partial charge in [0, 0.05) is 58.2 Å². The highest BCUT2D eigenvalue weighted by atomic mass is 127. The molecule has 3 rings (SSSR count). The number of halogens is 2. The monoisotopic (exact) mass is 500 g/mol. The molecule has 0 spiro atoms. The fourth-order valence-electron chi connectivity index (χ4n) is 3.64. The number of aryl methyl sites for hydroxylation is 2. The molecule has 28 heavy (non-hydrogen) atoms. The molecule has 0 aliphatic carbocycles. The number of nitrogens with zero attached hydrogens (tertiary/aromatic N) is 5. The molecule has 0 bridgehead atoms. The van der Waals surface area contributed by atoms with Crippen LogP contribution in [0.5, 0.6) is 0 Å². The van der Waals surface area contributed by atoms with E-state index in [1.807, 2.05) is 30.9 Å². The van der Waals surface area contributed by atoms with Crippen LogP contribution in [0, 0.1) is 19.7 Å². The van der Waals surface area contributed by atoms with Crippen molar-refractivity contribution in [3.63, 3.8) is 0 Å². The molecule has 0 radical (unpaired) electrons. The number of nitrogens with one attached hydrogen (secondary N) is 1. The Bertz CT molecular complexity index is 794. The van der Waals surface area contributed by atoms with Crippen molar-refractivity contribution in [2.24, 2.45) is 12.0 Å². The summed E-state index contributed by atoms with van der Waals surface area (Å²) in [5.74, 6) is 0.744. The van der Waals surface area contributed by atoms with Crippen molar-refractivity contribution in [3.8, 4) is 0 Å². The van der Waals surface area contributed by atoms with Crippen LogP contribution in [0.15, 0.2) is 29.3 Å². The van der Waals surface area contributed by atoms with Gasteiger partial charge >= 0.3 is 0 Å². The van der Waals surface area contributed by atoms with E-state index in [2.05, 4.69) is 39.1 Å². The van der Waals surface area contributed by atoms with Crippen molar-refractivity contribution in [1.29, 1.82) is 0 Å². The largest absolute Gasteiger partial charge is 0.368 e. The van der Waals surface area contributed by atoms with Gasteiger partial charge in [-0.15, -0.1) is 24.0 Å². The molecule has 1 aliphatic heterocycles. The summed E-state index contributed by atoms with van der Waals surface area (Å²) in [7, 11) is 3.81. The zero-order valence-electron chi connectivity index (χ0n) is 17.1. The molecule has 1 N–H and O–H groups in total. The third kappa shape index (κ3) is 5.15. The highest BCUT2D eigenvalue weighted by molar-refractivity contribution is 14.0. The second-order valence-corrected chi connectivity index (χ2v) is 6.95. The van der Waals surface area contributed by atoms with Crippen LogP contribution < -0.4 is 10.2 Å². The molecule has 0 unspecified atom stereocenters. The minimum Gasteiger partial charge on any atom is -0.368 e. The van der Waals surface area contributed by atoms with Gasteiger partial charge in [-0.3, -0.25) is 9.67 Å². The molecular formula is C20H30FIN6. The maximum atomic E-state index is 13.1. The maximum Gasteiger partial charge on any atom is 0.193 e. The van der Waals surface area contributed by atoms with Crippen LogP contribution in [0.4, 0.5) is 10.1 Å². The maximum absolute atomic E-state index is 13.1. The molecule has 1 fully saturated rings. The summed E-state index contributed by atoms with van der Waals surface area (Å²) in [6, 6.07) is 6.72. The summed E-state index contributed by atoms with van der Waals surface area (Å²) in [4.78, 5) is 9.01. The van der Waals surface area contributed by atoms with Crippen LogP contribution in [0.25, 0.3) is 0 Å². The number of piperazine rings is 1. The Hall–Kier alpha value is -1.84. The Morgan fingerprint density at radius 3 is 2.32 bits per heavy atom. The SMILES string of the molecule is CN=C(NCCc1c(C)nn(C)c1C)N1CCN(c2ccc(F)cc2)CC1.I. The fourth-order valence-corrected chi connectivity index (χ4v) is 3.64. The van der Waals surface area contributed by atoms with Crippen molar-refractivity contribution in [2.75, 3.05) is 44.7 Å². The van der Waals surface area contributed by atoms with Gasteiger partial charge in [0.1, 0.15) is 5.82 Å². The molecule has 1 aromatic carbocycles. The van der Waals surface area contributed by atoms with Gasteiger partial charge in [0.05, 0.1) is 5.69 Å². The Kier molecular flexibility index (Phi) is 8.09. The number of hydrogen-bond donors (Lipinski definition) is 1. The first-order valence-electron chi connectivity index (χ1n) is 9.44. The summed E-state index contributed by atoms with van der Waals surface area (Å²) < 4.78 is 15.0. The molecule has 0 amide bonds. The second-order valence-electron chi connectivity index (χ2n) is 6.95. The van der Waals surface area contributed by atoms with E-state index in [1.165, 1.54) is 23.4 Å². The van der Waals surface area contributed by atoms with E-state index in [9.17, 15) is 4.39 Å². The number of hydrogen-bond acceptors (Lipinski definition) is 3. The molecule has 0 atom stereocenters. The average molecular weight is 500 g/mol. The van der Waals surface area contributed by atoms with Crippen molar-refractivity contribution in [1.82, 2.24) is 20.0 Å². The van der Waals surface area contributed by atoms with Crippen LogP contribution >= 0.6 is 24.0 Å². The number of benzene rings is 1.